The van der Waals surface area contributed by atoms with E-state index in [0.29, 0.717) is 6.08 Å². The van der Waals surface area contributed by atoms with Crippen molar-refractivity contribution < 1.29 is 18.0 Å². The summed E-state index contributed by atoms with van der Waals surface area (Å²) in [7, 11) is 0. The summed E-state index contributed by atoms with van der Waals surface area (Å²) in [4.78, 5) is 10.5. The molecule has 1 rings (SSSR count). The number of carbonyl (C=O) groups is 1. The molecular weight excluding hydrogens is 231 g/mol. The Bertz CT molecular complexity index is 398. The van der Waals surface area contributed by atoms with Crippen LogP contribution in [0.2, 0.25) is 0 Å². The van der Waals surface area contributed by atoms with Gasteiger partial charge in [0.15, 0.2) is 0 Å². The highest BCUT2D eigenvalue weighted by Crippen LogP contribution is 2.16. The van der Waals surface area contributed by atoms with E-state index in [0.717, 1.165) is 11.8 Å². The summed E-state index contributed by atoms with van der Waals surface area (Å²) in [6, 6.07) is 9.04. The van der Waals surface area contributed by atoms with Gasteiger partial charge < -0.3 is 5.32 Å². The Kier molecular flexibility index (Phi) is 4.31. The molecule has 0 heterocycles. The second-order valence-corrected chi connectivity index (χ2v) is 3.49. The third-order valence-electron chi connectivity index (χ3n) is 2.16. The van der Waals surface area contributed by atoms with Crippen LogP contribution in [0.5, 0.6) is 0 Å². The highest BCUT2D eigenvalue weighted by molar-refractivity contribution is 5.94. The lowest BCUT2D eigenvalue weighted by molar-refractivity contribution is -0.165. The van der Waals surface area contributed by atoms with Crippen molar-refractivity contribution in [1.82, 2.24) is 5.32 Å². The normalized spacial score (nSPS) is 13.6. The smallest absolute Gasteiger partial charge is 0.384 e. The number of carbonyl (C=O) groups excluding carboxylic acids is 1. The van der Waals surface area contributed by atoms with Gasteiger partial charge in [-0.2, -0.15) is 13.2 Å². The van der Waals surface area contributed by atoms with Gasteiger partial charge in [-0.3, -0.25) is 4.79 Å². The first-order valence-electron chi connectivity index (χ1n) is 5.00. The zero-order valence-electron chi connectivity index (χ0n) is 9.16. The SMILES string of the molecule is CC(N/C=C/C(=O)C(F)(F)F)c1ccccc1. The Morgan fingerprint density at radius 2 is 1.88 bits per heavy atom. The van der Waals surface area contributed by atoms with Gasteiger partial charge in [-0.25, -0.2) is 0 Å². The van der Waals surface area contributed by atoms with Gasteiger partial charge in [0, 0.05) is 18.3 Å². The largest absolute Gasteiger partial charge is 0.454 e. The summed E-state index contributed by atoms with van der Waals surface area (Å²) >= 11 is 0. The van der Waals surface area contributed by atoms with Crippen LogP contribution in [0.4, 0.5) is 13.2 Å². The van der Waals surface area contributed by atoms with Crippen LogP contribution in [0.15, 0.2) is 42.6 Å². The molecule has 2 nitrogen and oxygen atoms in total. The Morgan fingerprint density at radius 3 is 2.41 bits per heavy atom. The van der Waals surface area contributed by atoms with E-state index in [9.17, 15) is 18.0 Å². The van der Waals surface area contributed by atoms with Gasteiger partial charge in [-0.1, -0.05) is 30.3 Å². The quantitative estimate of drug-likeness (QED) is 0.824. The molecule has 0 fully saturated rings. The first kappa shape index (κ1) is 13.3. The van der Waals surface area contributed by atoms with Crippen LogP contribution in [-0.4, -0.2) is 12.0 Å². The average molecular weight is 243 g/mol. The molecule has 0 bridgehead atoms. The third-order valence-corrected chi connectivity index (χ3v) is 2.16. The Hall–Kier alpha value is -1.78. The average Bonchev–Trinajstić information content (AvgIpc) is 2.28. The fraction of sp³-hybridized carbons (Fsp3) is 0.250. The Morgan fingerprint density at radius 1 is 1.29 bits per heavy atom. The minimum Gasteiger partial charge on any atom is -0.384 e. The molecule has 0 saturated carbocycles. The van der Waals surface area contributed by atoms with Gasteiger partial charge in [0.05, 0.1) is 0 Å². The van der Waals surface area contributed by atoms with Crippen LogP contribution >= 0.6 is 0 Å². The van der Waals surface area contributed by atoms with E-state index >= 15 is 0 Å². The molecule has 1 aromatic rings. The summed E-state index contributed by atoms with van der Waals surface area (Å²) in [5.41, 5.74) is 0.927. The van der Waals surface area contributed by atoms with Crippen molar-refractivity contribution in [1.29, 1.82) is 0 Å². The predicted octanol–water partition coefficient (Wildman–Crippen LogP) is 2.98. The van der Waals surface area contributed by atoms with Crippen LogP contribution < -0.4 is 5.32 Å². The van der Waals surface area contributed by atoms with Gasteiger partial charge in [0.25, 0.3) is 5.78 Å². The summed E-state index contributed by atoms with van der Waals surface area (Å²) < 4.78 is 35.6. The molecule has 0 aliphatic rings. The van der Waals surface area contributed by atoms with E-state index in [1.807, 2.05) is 30.3 Å². The Balaban J connectivity index is 2.52. The fourth-order valence-corrected chi connectivity index (χ4v) is 1.20. The molecule has 1 atom stereocenters. The maximum atomic E-state index is 11.9. The van der Waals surface area contributed by atoms with E-state index in [1.165, 1.54) is 0 Å². The number of rotatable bonds is 4. The highest BCUT2D eigenvalue weighted by Gasteiger charge is 2.35. The number of hydrogen-bond acceptors (Lipinski definition) is 2. The number of allylic oxidation sites excluding steroid dienone is 1. The monoisotopic (exact) mass is 243 g/mol. The molecule has 0 aliphatic heterocycles. The van der Waals surface area contributed by atoms with Crippen molar-refractivity contribution in [2.45, 2.75) is 19.1 Å². The van der Waals surface area contributed by atoms with Crippen molar-refractivity contribution >= 4 is 5.78 Å². The summed E-state index contributed by atoms with van der Waals surface area (Å²) in [6.45, 7) is 1.79. The highest BCUT2D eigenvalue weighted by atomic mass is 19.4. The zero-order chi connectivity index (χ0) is 12.9. The van der Waals surface area contributed by atoms with Crippen LogP contribution in [0, 0.1) is 0 Å². The van der Waals surface area contributed by atoms with Crippen molar-refractivity contribution in [3.8, 4) is 0 Å². The molecule has 92 valence electrons. The molecule has 1 aromatic carbocycles. The van der Waals surface area contributed by atoms with E-state index in [-0.39, 0.29) is 6.04 Å². The number of alkyl halides is 3. The summed E-state index contributed by atoms with van der Waals surface area (Å²) in [5.74, 6) is -1.87. The van der Waals surface area contributed by atoms with Crippen molar-refractivity contribution in [2.24, 2.45) is 0 Å². The van der Waals surface area contributed by atoms with Crippen molar-refractivity contribution in [3.05, 3.63) is 48.2 Å². The molecule has 0 aliphatic carbocycles. The second kappa shape index (κ2) is 5.52. The van der Waals surface area contributed by atoms with Crippen LogP contribution in [0.3, 0.4) is 0 Å². The van der Waals surface area contributed by atoms with E-state index < -0.39 is 12.0 Å². The molecule has 0 radical (unpaired) electrons. The molecule has 0 spiro atoms. The molecule has 1 N–H and O–H groups in total. The first-order chi connectivity index (χ1) is 7.91. The minimum atomic E-state index is -4.81. The zero-order valence-corrected chi connectivity index (χ0v) is 9.16. The molecule has 17 heavy (non-hydrogen) atoms. The molecule has 1 unspecified atom stereocenters. The number of ketones is 1. The summed E-state index contributed by atoms with van der Waals surface area (Å²) in [5, 5.41) is 2.70. The number of benzene rings is 1. The lowest BCUT2D eigenvalue weighted by atomic mass is 10.1. The maximum Gasteiger partial charge on any atom is 0.454 e. The number of hydrogen-bond donors (Lipinski definition) is 1. The van der Waals surface area contributed by atoms with E-state index in [2.05, 4.69) is 5.32 Å². The third kappa shape index (κ3) is 4.30. The topological polar surface area (TPSA) is 29.1 Å². The van der Waals surface area contributed by atoms with E-state index in [4.69, 9.17) is 0 Å². The van der Waals surface area contributed by atoms with E-state index in [1.54, 1.807) is 6.92 Å². The van der Waals surface area contributed by atoms with Crippen LogP contribution in [-0.2, 0) is 4.79 Å². The van der Waals surface area contributed by atoms with Gasteiger partial charge in [-0.05, 0) is 12.5 Å². The maximum absolute atomic E-state index is 11.9. The molecule has 0 saturated heterocycles. The number of halogens is 3. The standard InChI is InChI=1S/C12H12F3NO/c1-9(10-5-3-2-4-6-10)16-8-7-11(17)12(13,14)15/h2-9,16H,1H3/b8-7+. The molecular formula is C12H12F3NO. The molecule has 5 heteroatoms. The fourth-order valence-electron chi connectivity index (χ4n) is 1.20. The van der Waals surface area contributed by atoms with Crippen molar-refractivity contribution in [3.63, 3.8) is 0 Å². The number of nitrogens with one attached hydrogen (secondary N) is 1. The van der Waals surface area contributed by atoms with Gasteiger partial charge in [-0.15, -0.1) is 0 Å². The molecule has 0 aromatic heterocycles. The van der Waals surface area contributed by atoms with Gasteiger partial charge in [0.2, 0.25) is 0 Å². The van der Waals surface area contributed by atoms with Crippen LogP contribution in [0.1, 0.15) is 18.5 Å². The lowest BCUT2D eigenvalue weighted by Crippen LogP contribution is -2.21. The van der Waals surface area contributed by atoms with Crippen LogP contribution in [0.25, 0.3) is 0 Å². The van der Waals surface area contributed by atoms with Crippen molar-refractivity contribution in [2.75, 3.05) is 0 Å². The minimum absolute atomic E-state index is 0.159. The first-order valence-corrected chi connectivity index (χ1v) is 5.00. The Labute approximate surface area is 97.1 Å². The second-order valence-electron chi connectivity index (χ2n) is 3.49. The molecule has 0 amide bonds. The summed E-state index contributed by atoms with van der Waals surface area (Å²) in [6.07, 6.45) is -3.30. The van der Waals surface area contributed by atoms with Gasteiger partial charge in [0.1, 0.15) is 0 Å². The predicted molar refractivity (Wildman–Crippen MR) is 58.2 cm³/mol. The lowest BCUT2D eigenvalue weighted by Gasteiger charge is -2.11. The van der Waals surface area contributed by atoms with Gasteiger partial charge >= 0.3 is 6.18 Å².